The minimum absolute atomic E-state index is 0.0914. The average Bonchev–Trinajstić information content (AvgIpc) is 2.87. The number of carbonyl (C=O) groups excluding carboxylic acids is 1. The van der Waals surface area contributed by atoms with Gasteiger partial charge in [0.15, 0.2) is 0 Å². The highest BCUT2D eigenvalue weighted by atomic mass is 16.5. The summed E-state index contributed by atoms with van der Waals surface area (Å²) >= 11 is 0. The molecule has 2 rings (SSSR count). The first-order valence-corrected chi connectivity index (χ1v) is 7.60. The predicted octanol–water partition coefficient (Wildman–Crippen LogP) is 0.681. The monoisotopic (exact) mass is 283 g/mol. The zero-order chi connectivity index (χ0) is 15.1. The Morgan fingerprint density at radius 2 is 2.10 bits per heavy atom. The van der Waals surface area contributed by atoms with E-state index < -0.39 is 5.54 Å². The normalized spacial score (nSPS) is 36.2. The summed E-state index contributed by atoms with van der Waals surface area (Å²) in [6, 6.07) is 0.452. The Labute approximate surface area is 122 Å². The van der Waals surface area contributed by atoms with E-state index in [1.54, 1.807) is 0 Å². The van der Waals surface area contributed by atoms with Gasteiger partial charge in [-0.15, -0.1) is 0 Å². The second-order valence-corrected chi connectivity index (χ2v) is 7.00. The third kappa shape index (κ3) is 2.26. The highest BCUT2D eigenvalue weighted by Crippen LogP contribution is 2.50. The van der Waals surface area contributed by atoms with Crippen molar-refractivity contribution in [2.24, 2.45) is 11.1 Å². The lowest BCUT2D eigenvalue weighted by Gasteiger charge is -2.58. The van der Waals surface area contributed by atoms with Crippen molar-refractivity contribution in [2.75, 3.05) is 33.8 Å². The zero-order valence-electron chi connectivity index (χ0n) is 13.5. The maximum Gasteiger partial charge on any atom is 0.243 e. The Bertz CT molecular complexity index is 383. The number of nitrogens with zero attached hydrogens (tertiary/aromatic N) is 2. The van der Waals surface area contributed by atoms with Gasteiger partial charge in [0.25, 0.3) is 0 Å². The summed E-state index contributed by atoms with van der Waals surface area (Å²) in [4.78, 5) is 16.9. The van der Waals surface area contributed by atoms with Gasteiger partial charge in [-0.1, -0.05) is 13.8 Å². The number of ether oxygens (including phenoxy) is 1. The van der Waals surface area contributed by atoms with Crippen LogP contribution in [0.25, 0.3) is 0 Å². The molecule has 1 amide bonds. The molecule has 3 unspecified atom stereocenters. The van der Waals surface area contributed by atoms with Gasteiger partial charge < -0.3 is 20.3 Å². The lowest BCUT2D eigenvalue weighted by Crippen LogP contribution is -2.76. The first-order chi connectivity index (χ1) is 9.24. The summed E-state index contributed by atoms with van der Waals surface area (Å²) in [5.41, 5.74) is 5.40. The second kappa shape index (κ2) is 5.28. The molecule has 1 aliphatic carbocycles. The minimum atomic E-state index is -0.770. The topological polar surface area (TPSA) is 58.8 Å². The summed E-state index contributed by atoms with van der Waals surface area (Å²) in [7, 11) is 4.13. The minimum Gasteiger partial charge on any atom is -0.378 e. The fourth-order valence-corrected chi connectivity index (χ4v) is 3.43. The number of carbonyl (C=O) groups is 1. The standard InChI is InChI=1S/C15H29N3O2/c1-6-20-12-9-15(16,14(12,2)3)13(19)18-8-7-11(10-18)17(4)5/h11-12H,6-10,16H2,1-5H3. The van der Waals surface area contributed by atoms with E-state index in [-0.39, 0.29) is 17.4 Å². The van der Waals surface area contributed by atoms with Crippen LogP contribution >= 0.6 is 0 Å². The molecule has 2 fully saturated rings. The van der Waals surface area contributed by atoms with Crippen LogP contribution in [-0.4, -0.2) is 67.2 Å². The molecule has 5 heteroatoms. The Morgan fingerprint density at radius 1 is 1.45 bits per heavy atom. The average molecular weight is 283 g/mol. The molecule has 0 bridgehead atoms. The summed E-state index contributed by atoms with van der Waals surface area (Å²) in [5.74, 6) is 0.0998. The smallest absolute Gasteiger partial charge is 0.243 e. The molecule has 2 N–H and O–H groups in total. The van der Waals surface area contributed by atoms with E-state index in [1.807, 2.05) is 25.7 Å². The summed E-state index contributed by atoms with van der Waals surface area (Å²) in [6.07, 6.45) is 1.76. The number of hydrogen-bond donors (Lipinski definition) is 1. The molecule has 1 heterocycles. The molecule has 0 aromatic rings. The van der Waals surface area contributed by atoms with Crippen molar-refractivity contribution in [1.82, 2.24) is 9.80 Å². The van der Waals surface area contributed by atoms with Crippen LogP contribution in [0.15, 0.2) is 0 Å². The number of nitrogens with two attached hydrogens (primary N) is 1. The molecular formula is C15H29N3O2. The van der Waals surface area contributed by atoms with E-state index in [1.165, 1.54) is 0 Å². The molecule has 1 saturated heterocycles. The molecule has 0 radical (unpaired) electrons. The highest BCUT2D eigenvalue weighted by Gasteiger charge is 2.64. The number of hydrogen-bond acceptors (Lipinski definition) is 4. The van der Waals surface area contributed by atoms with E-state index in [0.717, 1.165) is 19.5 Å². The Hall–Kier alpha value is -0.650. The molecule has 1 aliphatic heterocycles. The molecule has 0 aromatic heterocycles. The van der Waals surface area contributed by atoms with Gasteiger partial charge in [-0.25, -0.2) is 0 Å². The second-order valence-electron chi connectivity index (χ2n) is 7.00. The van der Waals surface area contributed by atoms with Crippen molar-refractivity contribution >= 4 is 5.91 Å². The SMILES string of the molecule is CCOC1CC(N)(C(=O)N2CCC(N(C)C)C2)C1(C)C. The van der Waals surface area contributed by atoms with Gasteiger partial charge in [-0.3, -0.25) is 4.79 Å². The number of amides is 1. The molecule has 116 valence electrons. The Balaban J connectivity index is 2.03. The third-order valence-corrected chi connectivity index (χ3v) is 5.39. The van der Waals surface area contributed by atoms with Crippen LogP contribution < -0.4 is 5.73 Å². The van der Waals surface area contributed by atoms with E-state index in [9.17, 15) is 4.79 Å². The van der Waals surface area contributed by atoms with Gasteiger partial charge in [0.1, 0.15) is 5.54 Å². The summed E-state index contributed by atoms with van der Waals surface area (Å²) in [5, 5.41) is 0. The van der Waals surface area contributed by atoms with Crippen molar-refractivity contribution in [3.8, 4) is 0 Å². The first-order valence-electron chi connectivity index (χ1n) is 7.60. The molecule has 5 nitrogen and oxygen atoms in total. The van der Waals surface area contributed by atoms with Crippen LogP contribution in [0.1, 0.15) is 33.6 Å². The fraction of sp³-hybridized carbons (Fsp3) is 0.933. The van der Waals surface area contributed by atoms with Gasteiger partial charge >= 0.3 is 0 Å². The van der Waals surface area contributed by atoms with Crippen molar-refractivity contribution in [3.05, 3.63) is 0 Å². The first kappa shape index (κ1) is 15.7. The molecule has 2 aliphatic rings. The zero-order valence-corrected chi connectivity index (χ0v) is 13.5. The van der Waals surface area contributed by atoms with Gasteiger partial charge in [0, 0.05) is 37.6 Å². The number of rotatable bonds is 4. The molecule has 20 heavy (non-hydrogen) atoms. The van der Waals surface area contributed by atoms with E-state index in [0.29, 0.717) is 19.1 Å². The molecule has 3 atom stereocenters. The molecular weight excluding hydrogens is 254 g/mol. The quantitative estimate of drug-likeness (QED) is 0.824. The molecule has 0 aromatic carbocycles. The van der Waals surface area contributed by atoms with Crippen molar-refractivity contribution in [2.45, 2.75) is 51.3 Å². The highest BCUT2D eigenvalue weighted by molar-refractivity contribution is 5.89. The van der Waals surface area contributed by atoms with Crippen LogP contribution in [0.5, 0.6) is 0 Å². The van der Waals surface area contributed by atoms with Gasteiger partial charge in [0.05, 0.1) is 6.10 Å². The number of likely N-dealkylation sites (tertiary alicyclic amines) is 1. The van der Waals surface area contributed by atoms with E-state index >= 15 is 0 Å². The van der Waals surface area contributed by atoms with Gasteiger partial charge in [-0.2, -0.15) is 0 Å². The maximum atomic E-state index is 12.8. The van der Waals surface area contributed by atoms with Crippen LogP contribution in [0, 0.1) is 5.41 Å². The third-order valence-electron chi connectivity index (χ3n) is 5.39. The fourth-order valence-electron chi connectivity index (χ4n) is 3.43. The van der Waals surface area contributed by atoms with E-state index in [4.69, 9.17) is 10.5 Å². The molecule has 0 spiro atoms. The lowest BCUT2D eigenvalue weighted by molar-refractivity contribution is -0.178. The predicted molar refractivity (Wildman–Crippen MR) is 79.4 cm³/mol. The summed E-state index contributed by atoms with van der Waals surface area (Å²) in [6.45, 7) is 8.36. The maximum absolute atomic E-state index is 12.8. The molecule has 1 saturated carbocycles. The van der Waals surface area contributed by atoms with Crippen molar-refractivity contribution in [1.29, 1.82) is 0 Å². The Kier molecular flexibility index (Phi) is 4.15. The largest absolute Gasteiger partial charge is 0.378 e. The van der Waals surface area contributed by atoms with Crippen molar-refractivity contribution in [3.63, 3.8) is 0 Å². The van der Waals surface area contributed by atoms with Crippen LogP contribution in [0.4, 0.5) is 0 Å². The van der Waals surface area contributed by atoms with Crippen molar-refractivity contribution < 1.29 is 9.53 Å². The lowest BCUT2D eigenvalue weighted by atomic mass is 9.54. The van der Waals surface area contributed by atoms with Crippen LogP contribution in [-0.2, 0) is 9.53 Å². The van der Waals surface area contributed by atoms with Gasteiger partial charge in [-0.05, 0) is 27.4 Å². The van der Waals surface area contributed by atoms with E-state index in [2.05, 4.69) is 19.0 Å². The van der Waals surface area contributed by atoms with Gasteiger partial charge in [0.2, 0.25) is 5.91 Å². The Morgan fingerprint density at radius 3 is 2.55 bits per heavy atom. The number of likely N-dealkylation sites (N-methyl/N-ethyl adjacent to an activating group) is 1. The summed E-state index contributed by atoms with van der Waals surface area (Å²) < 4.78 is 5.70. The van der Waals surface area contributed by atoms with Crippen LogP contribution in [0.2, 0.25) is 0 Å². The van der Waals surface area contributed by atoms with Crippen LogP contribution in [0.3, 0.4) is 0 Å².